The minimum Gasteiger partial charge on any atom is -0.462 e. The number of nitrogens with zero attached hydrogens (tertiary/aromatic N) is 1. The van der Waals surface area contributed by atoms with Crippen LogP contribution in [0, 0.1) is 4.77 Å². The third kappa shape index (κ3) is 2.69. The van der Waals surface area contributed by atoms with Crippen LogP contribution in [0.1, 0.15) is 34.7 Å². The van der Waals surface area contributed by atoms with Gasteiger partial charge in [-0.3, -0.25) is 4.79 Å². The molecule has 0 saturated carbocycles. The summed E-state index contributed by atoms with van der Waals surface area (Å²) < 4.78 is 4.93. The molecule has 1 heterocycles. The fourth-order valence-electron chi connectivity index (χ4n) is 1.04. The summed E-state index contributed by atoms with van der Waals surface area (Å²) in [6, 6.07) is 0. The maximum atomic E-state index is 11.4. The maximum Gasteiger partial charge on any atom is 0.341 e. The number of H-pyrrole nitrogens is 1. The standard InChI is InChI=1S/C9H10N2O3S/c1-3-14-8(13)6-4-10-9(15)11-7(6)5(2)12/h4H,3H2,1-2H3,(H,10,11,15). The molecular formula is C9H10N2O3S. The first-order valence-electron chi connectivity index (χ1n) is 4.33. The van der Waals surface area contributed by atoms with E-state index in [-0.39, 0.29) is 28.4 Å². The number of aromatic amines is 1. The van der Waals surface area contributed by atoms with Crippen LogP contribution >= 0.6 is 12.2 Å². The number of nitrogens with one attached hydrogen (secondary N) is 1. The molecule has 15 heavy (non-hydrogen) atoms. The molecule has 1 rings (SSSR count). The highest BCUT2D eigenvalue weighted by molar-refractivity contribution is 7.71. The fraction of sp³-hybridized carbons (Fsp3) is 0.333. The number of esters is 1. The number of Topliss-reactive ketones (excluding diaryl/α,β-unsaturated/α-hetero) is 1. The lowest BCUT2D eigenvalue weighted by atomic mass is 10.2. The second kappa shape index (κ2) is 4.79. The smallest absolute Gasteiger partial charge is 0.341 e. The predicted molar refractivity (Wildman–Crippen MR) is 55.4 cm³/mol. The van der Waals surface area contributed by atoms with E-state index >= 15 is 0 Å². The maximum absolute atomic E-state index is 11.4. The van der Waals surface area contributed by atoms with E-state index in [2.05, 4.69) is 9.97 Å². The minimum atomic E-state index is -0.582. The summed E-state index contributed by atoms with van der Waals surface area (Å²) in [7, 11) is 0. The summed E-state index contributed by atoms with van der Waals surface area (Å²) in [6.45, 7) is 3.26. The van der Waals surface area contributed by atoms with Gasteiger partial charge in [-0.25, -0.2) is 9.78 Å². The molecule has 0 aliphatic heterocycles. The zero-order chi connectivity index (χ0) is 11.4. The number of ketones is 1. The molecule has 0 aliphatic carbocycles. The van der Waals surface area contributed by atoms with E-state index in [1.807, 2.05) is 0 Å². The van der Waals surface area contributed by atoms with E-state index in [4.69, 9.17) is 17.0 Å². The summed E-state index contributed by atoms with van der Waals surface area (Å²) in [5.41, 5.74) is 0.242. The van der Waals surface area contributed by atoms with E-state index in [0.717, 1.165) is 0 Å². The van der Waals surface area contributed by atoms with Gasteiger partial charge in [-0.2, -0.15) is 0 Å². The Bertz CT molecular complexity index is 453. The second-order valence-corrected chi connectivity index (χ2v) is 3.14. The highest BCUT2D eigenvalue weighted by Crippen LogP contribution is 2.07. The van der Waals surface area contributed by atoms with Crippen LogP contribution in [0.15, 0.2) is 6.20 Å². The number of hydrogen-bond acceptors (Lipinski definition) is 5. The zero-order valence-corrected chi connectivity index (χ0v) is 9.18. The van der Waals surface area contributed by atoms with E-state index < -0.39 is 5.97 Å². The molecule has 6 heteroatoms. The molecule has 0 aliphatic rings. The highest BCUT2D eigenvalue weighted by atomic mass is 32.1. The number of aromatic nitrogens is 2. The first-order valence-corrected chi connectivity index (χ1v) is 4.74. The van der Waals surface area contributed by atoms with Gasteiger partial charge >= 0.3 is 5.97 Å². The Kier molecular flexibility index (Phi) is 3.68. The summed E-state index contributed by atoms with van der Waals surface area (Å²) in [6.07, 6.45) is 1.24. The van der Waals surface area contributed by atoms with Crippen molar-refractivity contribution in [2.24, 2.45) is 0 Å². The van der Waals surface area contributed by atoms with E-state index in [1.165, 1.54) is 13.1 Å². The van der Waals surface area contributed by atoms with Crippen molar-refractivity contribution in [2.75, 3.05) is 6.61 Å². The molecular weight excluding hydrogens is 216 g/mol. The van der Waals surface area contributed by atoms with Crippen molar-refractivity contribution < 1.29 is 14.3 Å². The van der Waals surface area contributed by atoms with Gasteiger partial charge in [0.2, 0.25) is 0 Å². The topological polar surface area (TPSA) is 72.0 Å². The molecule has 5 nitrogen and oxygen atoms in total. The number of rotatable bonds is 3. The van der Waals surface area contributed by atoms with Crippen LogP contribution in [0.4, 0.5) is 0 Å². The van der Waals surface area contributed by atoms with E-state index in [9.17, 15) is 9.59 Å². The average Bonchev–Trinajstić information content (AvgIpc) is 2.17. The molecule has 0 bridgehead atoms. The van der Waals surface area contributed by atoms with Crippen molar-refractivity contribution in [1.82, 2.24) is 9.97 Å². The molecule has 1 N–H and O–H groups in total. The highest BCUT2D eigenvalue weighted by Gasteiger charge is 2.16. The lowest BCUT2D eigenvalue weighted by Crippen LogP contribution is -2.13. The van der Waals surface area contributed by atoms with Crippen molar-refractivity contribution in [3.63, 3.8) is 0 Å². The van der Waals surface area contributed by atoms with Gasteiger partial charge in [0, 0.05) is 13.1 Å². The van der Waals surface area contributed by atoms with Gasteiger partial charge in [0.15, 0.2) is 10.6 Å². The zero-order valence-electron chi connectivity index (χ0n) is 8.36. The van der Waals surface area contributed by atoms with Crippen molar-refractivity contribution in [3.8, 4) is 0 Å². The van der Waals surface area contributed by atoms with Crippen LogP contribution < -0.4 is 0 Å². The molecule has 0 radical (unpaired) electrons. The lowest BCUT2D eigenvalue weighted by molar-refractivity contribution is 0.0522. The summed E-state index contributed by atoms with van der Waals surface area (Å²) in [5.74, 6) is -0.868. The normalized spacial score (nSPS) is 9.73. The first-order chi connectivity index (χ1) is 7.06. The van der Waals surface area contributed by atoms with Crippen LogP contribution in [-0.2, 0) is 4.74 Å². The first kappa shape index (κ1) is 11.5. The Hall–Kier alpha value is -1.56. The Morgan fingerprint density at radius 3 is 2.80 bits per heavy atom. The van der Waals surface area contributed by atoms with Crippen LogP contribution in [0.2, 0.25) is 0 Å². The Balaban J connectivity index is 3.23. The Labute approximate surface area is 91.5 Å². The van der Waals surface area contributed by atoms with Gasteiger partial charge in [0.1, 0.15) is 5.56 Å². The third-order valence-electron chi connectivity index (χ3n) is 1.66. The molecule has 0 atom stereocenters. The van der Waals surface area contributed by atoms with E-state index in [1.54, 1.807) is 6.92 Å². The van der Waals surface area contributed by atoms with Gasteiger partial charge in [0.05, 0.1) is 12.3 Å². The van der Waals surface area contributed by atoms with Crippen LogP contribution in [0.25, 0.3) is 0 Å². The third-order valence-corrected chi connectivity index (χ3v) is 1.87. The monoisotopic (exact) mass is 226 g/mol. The largest absolute Gasteiger partial charge is 0.462 e. The van der Waals surface area contributed by atoms with Gasteiger partial charge in [0.25, 0.3) is 0 Å². The predicted octanol–water partition coefficient (Wildman–Crippen LogP) is 1.52. The van der Waals surface area contributed by atoms with Gasteiger partial charge in [-0.15, -0.1) is 0 Å². The molecule has 80 valence electrons. The Morgan fingerprint density at radius 2 is 2.27 bits per heavy atom. The summed E-state index contributed by atoms with van der Waals surface area (Å²) in [4.78, 5) is 28.9. The number of carbonyl (C=O) groups is 2. The molecule has 1 aromatic heterocycles. The number of ether oxygens (including phenoxy) is 1. The molecule has 0 unspecified atom stereocenters. The van der Waals surface area contributed by atoms with Gasteiger partial charge < -0.3 is 9.72 Å². The van der Waals surface area contributed by atoms with Crippen molar-refractivity contribution in [2.45, 2.75) is 13.8 Å². The fourth-order valence-corrected chi connectivity index (χ4v) is 1.19. The number of hydrogen-bond donors (Lipinski definition) is 1. The van der Waals surface area contributed by atoms with Gasteiger partial charge in [-0.1, -0.05) is 0 Å². The molecule has 1 aromatic rings. The molecule has 0 saturated heterocycles. The van der Waals surface area contributed by atoms with Crippen LogP contribution in [0.3, 0.4) is 0 Å². The second-order valence-electron chi connectivity index (χ2n) is 2.75. The van der Waals surface area contributed by atoms with Crippen LogP contribution in [0.5, 0.6) is 0 Å². The van der Waals surface area contributed by atoms with E-state index in [0.29, 0.717) is 0 Å². The minimum absolute atomic E-state index is 0.109. The SMILES string of the molecule is CCOC(=O)c1cnc(=S)[nH]c1C(C)=O. The van der Waals surface area contributed by atoms with Crippen molar-refractivity contribution in [3.05, 3.63) is 22.2 Å². The van der Waals surface area contributed by atoms with Crippen molar-refractivity contribution >= 4 is 24.0 Å². The Morgan fingerprint density at radius 1 is 1.60 bits per heavy atom. The lowest BCUT2D eigenvalue weighted by Gasteiger charge is -2.04. The van der Waals surface area contributed by atoms with Gasteiger partial charge in [-0.05, 0) is 19.1 Å². The summed E-state index contributed by atoms with van der Waals surface area (Å²) in [5, 5.41) is 0. The van der Waals surface area contributed by atoms with Crippen molar-refractivity contribution in [1.29, 1.82) is 0 Å². The molecule has 0 spiro atoms. The average molecular weight is 226 g/mol. The molecule has 0 fully saturated rings. The summed E-state index contributed by atoms with van der Waals surface area (Å²) >= 11 is 4.76. The quantitative estimate of drug-likeness (QED) is 0.480. The number of carbonyl (C=O) groups excluding carboxylic acids is 2. The molecule has 0 aromatic carbocycles. The molecule has 0 amide bonds. The van der Waals surface area contributed by atoms with Crippen LogP contribution in [-0.4, -0.2) is 28.3 Å².